The van der Waals surface area contributed by atoms with Crippen LogP contribution in [0.4, 0.5) is 5.69 Å². The number of aromatic nitrogens is 1. The van der Waals surface area contributed by atoms with Crippen molar-refractivity contribution in [3.05, 3.63) is 47.6 Å². The number of nitrogens with zero attached hydrogens (tertiary/aromatic N) is 4. The molecule has 1 aromatic rings. The lowest BCUT2D eigenvalue weighted by molar-refractivity contribution is -0.0920. The molecule has 4 heterocycles. The first-order valence-corrected chi connectivity index (χ1v) is 7.53. The zero-order valence-corrected chi connectivity index (χ0v) is 12.1. The largest absolute Gasteiger partial charge is 0.378 e. The first kappa shape index (κ1) is 13.5. The molecule has 5 nitrogen and oxygen atoms in total. The lowest BCUT2D eigenvalue weighted by atomic mass is 9.70. The van der Waals surface area contributed by atoms with E-state index in [0.717, 1.165) is 31.6 Å². The topological polar surface area (TPSA) is 53.5 Å². The Hall–Kier alpha value is -2.21. The Kier molecular flexibility index (Phi) is 3.00. The molecule has 2 fully saturated rings. The minimum atomic E-state index is -0.548. The molecular weight excluding hydrogens is 276 g/mol. The summed E-state index contributed by atoms with van der Waals surface area (Å²) in [7, 11) is 0. The van der Waals surface area contributed by atoms with Gasteiger partial charge in [0, 0.05) is 24.5 Å². The molecular formula is C17H16N4O. The Morgan fingerprint density at radius 2 is 2.05 bits per heavy atom. The molecule has 0 aromatic carbocycles. The van der Waals surface area contributed by atoms with Gasteiger partial charge in [-0.05, 0) is 24.5 Å². The number of pyridine rings is 1. The highest BCUT2D eigenvalue weighted by molar-refractivity contribution is 5.48. The third kappa shape index (κ3) is 1.87. The molecule has 0 spiro atoms. The molecule has 0 aliphatic carbocycles. The first-order chi connectivity index (χ1) is 10.8. The van der Waals surface area contributed by atoms with Crippen LogP contribution < -0.4 is 0 Å². The number of hydrogen-bond acceptors (Lipinski definition) is 4. The lowest BCUT2D eigenvalue weighted by Gasteiger charge is -2.49. The summed E-state index contributed by atoms with van der Waals surface area (Å²) in [6, 6.07) is 5.41. The van der Waals surface area contributed by atoms with Gasteiger partial charge in [-0.2, -0.15) is 5.26 Å². The Morgan fingerprint density at radius 3 is 2.59 bits per heavy atom. The highest BCUT2D eigenvalue weighted by Crippen LogP contribution is 2.45. The summed E-state index contributed by atoms with van der Waals surface area (Å²) in [6.07, 6.45) is 9.28. The minimum absolute atomic E-state index is 0.281. The van der Waals surface area contributed by atoms with Gasteiger partial charge in [-0.1, -0.05) is 12.2 Å². The van der Waals surface area contributed by atoms with Crippen LogP contribution in [-0.2, 0) is 10.2 Å². The molecule has 3 aliphatic rings. The number of nitriles is 1. The van der Waals surface area contributed by atoms with Crippen LogP contribution in [0.15, 0.2) is 30.6 Å². The third-order valence-corrected chi connectivity index (χ3v) is 5.10. The molecule has 3 aliphatic heterocycles. The normalized spacial score (nSPS) is 33.9. The van der Waals surface area contributed by atoms with Crippen LogP contribution in [0.5, 0.6) is 0 Å². The van der Waals surface area contributed by atoms with Gasteiger partial charge in [0.1, 0.15) is 0 Å². The van der Waals surface area contributed by atoms with E-state index in [4.69, 9.17) is 11.3 Å². The Bertz CT molecular complexity index is 694. The van der Waals surface area contributed by atoms with Crippen LogP contribution >= 0.6 is 0 Å². The van der Waals surface area contributed by atoms with Crippen LogP contribution in [0.25, 0.3) is 4.85 Å². The predicted octanol–water partition coefficient (Wildman–Crippen LogP) is 2.20. The zero-order valence-electron chi connectivity index (χ0n) is 12.1. The number of rotatable bonds is 2. The van der Waals surface area contributed by atoms with Crippen molar-refractivity contribution in [3.63, 3.8) is 0 Å². The molecule has 1 aromatic heterocycles. The monoisotopic (exact) mass is 292 g/mol. The van der Waals surface area contributed by atoms with E-state index >= 15 is 0 Å². The molecule has 4 rings (SSSR count). The van der Waals surface area contributed by atoms with E-state index in [1.807, 2.05) is 6.07 Å². The molecule has 3 atom stereocenters. The van der Waals surface area contributed by atoms with Crippen molar-refractivity contribution in [2.24, 2.45) is 0 Å². The van der Waals surface area contributed by atoms with Gasteiger partial charge in [0.15, 0.2) is 0 Å². The predicted molar refractivity (Wildman–Crippen MR) is 80.2 cm³/mol. The summed E-state index contributed by atoms with van der Waals surface area (Å²) >= 11 is 0. The van der Waals surface area contributed by atoms with Crippen LogP contribution in [0.3, 0.4) is 0 Å². The number of hydrogen-bond donors (Lipinski definition) is 0. The van der Waals surface area contributed by atoms with E-state index < -0.39 is 5.41 Å². The molecule has 0 N–H and O–H groups in total. The molecule has 2 bridgehead atoms. The summed E-state index contributed by atoms with van der Waals surface area (Å²) < 4.78 is 5.33. The second kappa shape index (κ2) is 4.91. The minimum Gasteiger partial charge on any atom is -0.378 e. The Balaban J connectivity index is 1.67. The smallest absolute Gasteiger partial charge is 0.205 e. The molecule has 0 radical (unpaired) electrons. The molecule has 110 valence electrons. The quantitative estimate of drug-likeness (QED) is 0.619. The lowest BCUT2D eigenvalue weighted by Crippen LogP contribution is -2.59. The SMILES string of the molecule is [C-]#[N+]c1cncc(C2(C#N)C[C@H]3C=C[C@@H](C2)N3C2COC2)c1. The van der Waals surface area contributed by atoms with E-state index in [9.17, 15) is 5.26 Å². The maximum atomic E-state index is 9.89. The summed E-state index contributed by atoms with van der Waals surface area (Å²) in [5.74, 6) is 0. The second-order valence-electron chi connectivity index (χ2n) is 6.30. The fourth-order valence-corrected chi connectivity index (χ4v) is 3.92. The molecule has 1 unspecified atom stereocenters. The van der Waals surface area contributed by atoms with Crippen molar-refractivity contribution in [2.75, 3.05) is 13.2 Å². The van der Waals surface area contributed by atoms with Gasteiger partial charge in [0.05, 0.1) is 37.3 Å². The van der Waals surface area contributed by atoms with Gasteiger partial charge in [0.25, 0.3) is 0 Å². The summed E-state index contributed by atoms with van der Waals surface area (Å²) in [6.45, 7) is 8.74. The van der Waals surface area contributed by atoms with E-state index in [1.165, 1.54) is 0 Å². The summed E-state index contributed by atoms with van der Waals surface area (Å²) in [4.78, 5) is 10.1. The standard InChI is InChI=1S/C17H16N4O/c1-19-13-4-12(7-20-8-13)17(11-18)5-14-2-3-15(6-17)21(14)16-9-22-10-16/h2-4,7-8,14-16H,5-6,9-10H2/t14-,15+,17?. The number of ether oxygens (including phenoxy) is 1. The summed E-state index contributed by atoms with van der Waals surface area (Å²) in [5.41, 5.74) is 0.835. The Labute approximate surface area is 129 Å². The first-order valence-electron chi connectivity index (χ1n) is 7.53. The molecule has 0 amide bonds. The van der Waals surface area contributed by atoms with Crippen molar-refractivity contribution in [2.45, 2.75) is 36.4 Å². The zero-order chi connectivity index (χ0) is 15.2. The highest BCUT2D eigenvalue weighted by Gasteiger charge is 2.50. The molecule has 0 saturated carbocycles. The number of fused-ring (bicyclic) bond motifs is 2. The molecule has 2 saturated heterocycles. The van der Waals surface area contributed by atoms with Crippen molar-refractivity contribution in [1.29, 1.82) is 5.26 Å². The molecule has 5 heteroatoms. The van der Waals surface area contributed by atoms with Crippen LogP contribution in [0.1, 0.15) is 18.4 Å². The van der Waals surface area contributed by atoms with Crippen molar-refractivity contribution in [3.8, 4) is 6.07 Å². The third-order valence-electron chi connectivity index (χ3n) is 5.10. The number of piperidine rings is 1. The second-order valence-corrected chi connectivity index (χ2v) is 6.30. The fourth-order valence-electron chi connectivity index (χ4n) is 3.92. The van der Waals surface area contributed by atoms with Gasteiger partial charge in [-0.25, -0.2) is 4.85 Å². The van der Waals surface area contributed by atoms with Gasteiger partial charge >= 0.3 is 0 Å². The van der Waals surface area contributed by atoms with Gasteiger partial charge < -0.3 is 4.74 Å². The van der Waals surface area contributed by atoms with Crippen molar-refractivity contribution < 1.29 is 4.74 Å². The van der Waals surface area contributed by atoms with E-state index in [2.05, 4.69) is 33.0 Å². The highest BCUT2D eigenvalue weighted by atomic mass is 16.5. The van der Waals surface area contributed by atoms with Gasteiger partial charge in [0.2, 0.25) is 5.69 Å². The van der Waals surface area contributed by atoms with E-state index in [1.54, 1.807) is 12.4 Å². The van der Waals surface area contributed by atoms with Crippen molar-refractivity contribution in [1.82, 2.24) is 9.88 Å². The van der Waals surface area contributed by atoms with Crippen LogP contribution in [-0.4, -0.2) is 41.2 Å². The molecule has 22 heavy (non-hydrogen) atoms. The maximum Gasteiger partial charge on any atom is 0.205 e. The van der Waals surface area contributed by atoms with Crippen LogP contribution in [0.2, 0.25) is 0 Å². The summed E-state index contributed by atoms with van der Waals surface area (Å²) in [5, 5.41) is 9.89. The van der Waals surface area contributed by atoms with E-state index in [-0.39, 0.29) is 12.1 Å². The van der Waals surface area contributed by atoms with Crippen molar-refractivity contribution >= 4 is 5.69 Å². The van der Waals surface area contributed by atoms with Gasteiger partial charge in [-0.3, -0.25) is 9.88 Å². The maximum absolute atomic E-state index is 9.89. The van der Waals surface area contributed by atoms with Crippen LogP contribution in [0, 0.1) is 17.9 Å². The fraction of sp³-hybridized carbons (Fsp3) is 0.471. The average molecular weight is 292 g/mol. The van der Waals surface area contributed by atoms with E-state index in [0.29, 0.717) is 11.7 Å². The van der Waals surface area contributed by atoms with Gasteiger partial charge in [-0.15, -0.1) is 0 Å². The average Bonchev–Trinajstić information content (AvgIpc) is 2.77. The Morgan fingerprint density at radius 1 is 1.32 bits per heavy atom.